The van der Waals surface area contributed by atoms with Crippen molar-refractivity contribution >= 4 is 47.5 Å². The Hall–Kier alpha value is -4.88. The zero-order chi connectivity index (χ0) is 35.3. The second kappa shape index (κ2) is 15.6. The number of hydrazine groups is 1. The van der Waals surface area contributed by atoms with Crippen LogP contribution < -0.4 is 9.47 Å². The van der Waals surface area contributed by atoms with Crippen LogP contribution in [0.5, 0.6) is 11.5 Å². The molecule has 0 aromatic heterocycles. The maximum Gasteiger partial charge on any atom is 0.280 e. The molecule has 258 valence electrons. The molecular weight excluding hydrogens is 673 g/mol. The van der Waals surface area contributed by atoms with Gasteiger partial charge in [0.25, 0.3) is 11.8 Å². The van der Waals surface area contributed by atoms with E-state index in [9.17, 15) is 9.59 Å². The first-order chi connectivity index (χ1) is 24.9. The van der Waals surface area contributed by atoms with Gasteiger partial charge in [0, 0.05) is 5.57 Å². The summed E-state index contributed by atoms with van der Waals surface area (Å²) in [5, 5.41) is 3.25. The number of ether oxygens (including phenoxy) is 2. The first kappa shape index (κ1) is 34.6. The standard InChI is InChI=1S/C43H40N2O4S2/c1-4-30-16-20-34(21-17-30)27-48-36-24-29(3)38(49-28-35-22-18-31(5-2)19-23-35)40-39(36)50-43(51-40)37-41(46)44(25-32-12-8-6-9-13-32)45(42(37)47)26-33-14-10-7-11-15-33/h4-5,8-9,12,14,16-24H,1-2,6-7,10-11,15,25-28H2,3H3/b43-37+. The Balaban J connectivity index is 1.23. The average molecular weight is 713 g/mol. The predicted octanol–water partition coefficient (Wildman–Crippen LogP) is 9.98. The van der Waals surface area contributed by atoms with E-state index in [1.165, 1.54) is 29.1 Å². The SMILES string of the molecule is C=Cc1ccc(COc2cc(C)c(OCc3ccc(C=C)cc3)c3c2S/C(=C2/C(=O)N(CC4=C=CCC=C4)N(CC4=CCCCC4)C2=O)S3)cc1. The van der Waals surface area contributed by atoms with Gasteiger partial charge in [-0.2, -0.15) is 0 Å². The number of nitrogens with zero attached hydrogens (tertiary/aromatic N) is 2. The summed E-state index contributed by atoms with van der Waals surface area (Å²) < 4.78 is 13.6. The molecule has 0 unspecified atom stereocenters. The second-order valence-corrected chi connectivity index (χ2v) is 15.2. The summed E-state index contributed by atoms with van der Waals surface area (Å²) in [6.45, 7) is 11.1. The normalized spacial score (nSPS) is 18.1. The number of benzene rings is 3. The second-order valence-electron chi connectivity index (χ2n) is 12.9. The van der Waals surface area contributed by atoms with Gasteiger partial charge >= 0.3 is 0 Å². The van der Waals surface area contributed by atoms with Gasteiger partial charge < -0.3 is 9.47 Å². The Kier molecular flexibility index (Phi) is 10.5. The number of rotatable bonds is 12. The molecule has 0 bridgehead atoms. The molecule has 0 radical (unpaired) electrons. The fourth-order valence-electron chi connectivity index (χ4n) is 6.40. The molecule has 2 aliphatic heterocycles. The first-order valence-corrected chi connectivity index (χ1v) is 18.9. The third-order valence-corrected chi connectivity index (χ3v) is 11.9. The van der Waals surface area contributed by atoms with Crippen molar-refractivity contribution in [3.8, 4) is 11.5 Å². The highest BCUT2D eigenvalue weighted by Gasteiger charge is 2.45. The van der Waals surface area contributed by atoms with E-state index in [0.29, 0.717) is 29.7 Å². The molecule has 1 fully saturated rings. The lowest BCUT2D eigenvalue weighted by Gasteiger charge is -2.29. The van der Waals surface area contributed by atoms with Gasteiger partial charge in [-0.15, -0.1) is 5.73 Å². The third kappa shape index (κ3) is 7.59. The molecule has 6 nitrogen and oxygen atoms in total. The molecule has 2 aliphatic carbocycles. The topological polar surface area (TPSA) is 59.1 Å². The number of aryl methyl sites for hydroxylation is 1. The molecule has 2 heterocycles. The summed E-state index contributed by atoms with van der Waals surface area (Å²) in [6.07, 6.45) is 16.8. The van der Waals surface area contributed by atoms with E-state index >= 15 is 0 Å². The highest BCUT2D eigenvalue weighted by Crippen LogP contribution is 2.60. The number of carbonyl (C=O) groups excluding carboxylic acids is 2. The molecule has 3 aromatic carbocycles. The van der Waals surface area contributed by atoms with Gasteiger partial charge in [0.1, 0.15) is 30.3 Å². The van der Waals surface area contributed by atoms with Crippen molar-refractivity contribution in [1.82, 2.24) is 10.0 Å². The van der Waals surface area contributed by atoms with E-state index in [2.05, 4.69) is 25.0 Å². The number of amides is 2. The molecule has 2 amide bonds. The Morgan fingerprint density at radius 2 is 1.49 bits per heavy atom. The molecule has 1 saturated heterocycles. The fourth-order valence-corrected chi connectivity index (χ4v) is 9.15. The van der Waals surface area contributed by atoms with E-state index < -0.39 is 0 Å². The van der Waals surface area contributed by atoms with Crippen LogP contribution in [0.4, 0.5) is 0 Å². The minimum absolute atomic E-state index is 0.191. The van der Waals surface area contributed by atoms with Gasteiger partial charge in [0.15, 0.2) is 0 Å². The average Bonchev–Trinajstić information content (AvgIpc) is 3.69. The van der Waals surface area contributed by atoms with Gasteiger partial charge in [0.2, 0.25) is 0 Å². The summed E-state index contributed by atoms with van der Waals surface area (Å²) in [7, 11) is 0. The van der Waals surface area contributed by atoms with Gasteiger partial charge in [-0.05, 0) is 79.0 Å². The van der Waals surface area contributed by atoms with Crippen LogP contribution in [0.15, 0.2) is 129 Å². The van der Waals surface area contributed by atoms with Crippen molar-refractivity contribution in [2.24, 2.45) is 0 Å². The maximum absolute atomic E-state index is 14.4. The molecule has 51 heavy (non-hydrogen) atoms. The minimum atomic E-state index is -0.293. The first-order valence-electron chi connectivity index (χ1n) is 17.3. The van der Waals surface area contributed by atoms with E-state index in [4.69, 9.17) is 9.47 Å². The van der Waals surface area contributed by atoms with Crippen LogP contribution in [0, 0.1) is 6.92 Å². The van der Waals surface area contributed by atoms with E-state index in [-0.39, 0.29) is 23.9 Å². The number of hydrogen-bond acceptors (Lipinski definition) is 6. The van der Waals surface area contributed by atoms with Crippen LogP contribution in [-0.2, 0) is 22.8 Å². The van der Waals surface area contributed by atoms with Crippen LogP contribution in [0.2, 0.25) is 0 Å². The fraction of sp³-hybridized carbons (Fsp3) is 0.233. The van der Waals surface area contributed by atoms with Crippen LogP contribution in [0.1, 0.15) is 59.9 Å². The number of thioether (sulfide) groups is 2. The Labute approximate surface area is 308 Å². The highest BCUT2D eigenvalue weighted by atomic mass is 32.2. The summed E-state index contributed by atoms with van der Waals surface area (Å²) >= 11 is 2.84. The van der Waals surface area contributed by atoms with Crippen molar-refractivity contribution in [2.75, 3.05) is 13.1 Å². The quantitative estimate of drug-likeness (QED) is 0.0807. The van der Waals surface area contributed by atoms with Crippen LogP contribution in [0.25, 0.3) is 12.2 Å². The van der Waals surface area contributed by atoms with Crippen molar-refractivity contribution in [3.05, 3.63) is 147 Å². The van der Waals surface area contributed by atoms with Crippen molar-refractivity contribution in [3.63, 3.8) is 0 Å². The summed E-state index contributed by atoms with van der Waals surface area (Å²) in [5.41, 5.74) is 10.6. The number of allylic oxidation sites excluding steroid dienone is 2. The molecule has 0 atom stereocenters. The van der Waals surface area contributed by atoms with Crippen LogP contribution >= 0.6 is 23.5 Å². The van der Waals surface area contributed by atoms with E-state index in [0.717, 1.165) is 81.0 Å². The van der Waals surface area contributed by atoms with Crippen LogP contribution in [-0.4, -0.2) is 34.9 Å². The van der Waals surface area contributed by atoms with E-state index in [1.807, 2.05) is 91.9 Å². The molecule has 4 aliphatic rings. The van der Waals surface area contributed by atoms with Gasteiger partial charge in [-0.3, -0.25) is 9.59 Å². The summed E-state index contributed by atoms with van der Waals surface area (Å²) in [6, 6.07) is 18.2. The molecule has 8 heteroatoms. The molecule has 3 aromatic rings. The number of carbonyl (C=O) groups is 2. The monoisotopic (exact) mass is 712 g/mol. The van der Waals surface area contributed by atoms with Crippen molar-refractivity contribution < 1.29 is 19.1 Å². The zero-order valence-corrected chi connectivity index (χ0v) is 30.4. The third-order valence-electron chi connectivity index (χ3n) is 9.25. The van der Waals surface area contributed by atoms with Crippen molar-refractivity contribution in [2.45, 2.75) is 62.0 Å². The van der Waals surface area contributed by atoms with Gasteiger partial charge in [-0.1, -0.05) is 121 Å². The predicted molar refractivity (Wildman–Crippen MR) is 207 cm³/mol. The molecule has 0 spiro atoms. The smallest absolute Gasteiger partial charge is 0.280 e. The minimum Gasteiger partial charge on any atom is -0.488 e. The number of hydrogen-bond donors (Lipinski definition) is 0. The molecular formula is C43H40N2O4S2. The molecule has 0 saturated carbocycles. The molecule has 7 rings (SSSR count). The molecule has 0 N–H and O–H groups in total. The maximum atomic E-state index is 14.4. The van der Waals surface area contributed by atoms with Crippen molar-refractivity contribution in [1.29, 1.82) is 0 Å². The lowest BCUT2D eigenvalue weighted by molar-refractivity contribution is -0.144. The van der Waals surface area contributed by atoms with Gasteiger partial charge in [-0.25, -0.2) is 10.0 Å². The van der Waals surface area contributed by atoms with Crippen LogP contribution in [0.3, 0.4) is 0 Å². The summed E-state index contributed by atoms with van der Waals surface area (Å²) in [4.78, 5) is 30.4. The lowest BCUT2D eigenvalue weighted by Crippen LogP contribution is -2.43. The lowest BCUT2D eigenvalue weighted by atomic mass is 9.99. The Bertz CT molecular complexity index is 2050. The largest absolute Gasteiger partial charge is 0.488 e. The van der Waals surface area contributed by atoms with Gasteiger partial charge in [0.05, 0.1) is 27.1 Å². The van der Waals surface area contributed by atoms with E-state index in [1.54, 1.807) is 10.0 Å². The number of fused-ring (bicyclic) bond motifs is 1. The Morgan fingerprint density at radius 3 is 2.10 bits per heavy atom. The Morgan fingerprint density at radius 1 is 0.843 bits per heavy atom. The zero-order valence-electron chi connectivity index (χ0n) is 28.8. The summed E-state index contributed by atoms with van der Waals surface area (Å²) in [5.74, 6) is 0.839. The highest BCUT2D eigenvalue weighted by molar-refractivity contribution is 8.25.